The third-order valence-corrected chi connectivity index (χ3v) is 4.28. The smallest absolute Gasteiger partial charge is 0.317 e. The molecule has 0 radical (unpaired) electrons. The predicted octanol–water partition coefficient (Wildman–Crippen LogP) is 0.742. The average molecular weight is 269 g/mol. The van der Waals surface area contributed by atoms with Gasteiger partial charge in [0.1, 0.15) is 0 Å². The topological polar surface area (TPSA) is 55.8 Å². The fourth-order valence-electron chi connectivity index (χ4n) is 3.09. The van der Waals surface area contributed by atoms with Gasteiger partial charge in [0.15, 0.2) is 0 Å². The van der Waals surface area contributed by atoms with Crippen LogP contribution in [0.3, 0.4) is 0 Å². The summed E-state index contributed by atoms with van der Waals surface area (Å²) in [5.74, 6) is 1.06. The van der Waals surface area contributed by atoms with Gasteiger partial charge in [-0.15, -0.1) is 0 Å². The quantitative estimate of drug-likeness (QED) is 0.791. The van der Waals surface area contributed by atoms with E-state index in [2.05, 4.69) is 17.1 Å². The molecule has 0 aromatic heterocycles. The number of nitrogens with one attached hydrogen (secondary N) is 1. The van der Waals surface area contributed by atoms with Crippen molar-refractivity contribution in [2.24, 2.45) is 11.8 Å². The van der Waals surface area contributed by atoms with Crippen LogP contribution in [0.1, 0.15) is 26.2 Å². The molecule has 2 saturated heterocycles. The van der Waals surface area contributed by atoms with Crippen LogP contribution in [0.25, 0.3) is 0 Å². The highest BCUT2D eigenvalue weighted by atomic mass is 16.3. The molecule has 2 amide bonds. The lowest BCUT2D eigenvalue weighted by Gasteiger charge is -2.31. The van der Waals surface area contributed by atoms with Crippen LogP contribution in [0, 0.1) is 11.8 Å². The van der Waals surface area contributed by atoms with E-state index in [1.54, 1.807) is 0 Å². The third kappa shape index (κ3) is 4.35. The molecule has 19 heavy (non-hydrogen) atoms. The van der Waals surface area contributed by atoms with Crippen LogP contribution in [-0.2, 0) is 0 Å². The van der Waals surface area contributed by atoms with Crippen LogP contribution in [-0.4, -0.2) is 66.8 Å². The minimum Gasteiger partial charge on any atom is -0.396 e. The number of hydrogen-bond donors (Lipinski definition) is 2. The van der Waals surface area contributed by atoms with Gasteiger partial charge < -0.3 is 20.2 Å². The molecule has 2 atom stereocenters. The van der Waals surface area contributed by atoms with Crippen LogP contribution in [0.4, 0.5) is 4.79 Å². The van der Waals surface area contributed by atoms with Gasteiger partial charge in [0.05, 0.1) is 0 Å². The monoisotopic (exact) mass is 269 g/mol. The van der Waals surface area contributed by atoms with Gasteiger partial charge in [-0.2, -0.15) is 0 Å². The highest BCUT2D eigenvalue weighted by Crippen LogP contribution is 2.16. The van der Waals surface area contributed by atoms with Crippen molar-refractivity contribution < 1.29 is 9.90 Å². The van der Waals surface area contributed by atoms with Crippen molar-refractivity contribution in [3.63, 3.8) is 0 Å². The predicted molar refractivity (Wildman–Crippen MR) is 75.0 cm³/mol. The van der Waals surface area contributed by atoms with Gasteiger partial charge in [-0.05, 0) is 31.7 Å². The van der Waals surface area contributed by atoms with E-state index in [1.165, 1.54) is 12.8 Å². The van der Waals surface area contributed by atoms with E-state index in [0.717, 1.165) is 45.1 Å². The summed E-state index contributed by atoms with van der Waals surface area (Å²) in [6.45, 7) is 7.96. The zero-order valence-electron chi connectivity index (χ0n) is 12.0. The number of carbonyl (C=O) groups excluding carboxylic acids is 1. The summed E-state index contributed by atoms with van der Waals surface area (Å²) in [6, 6.07) is 0.0287. The van der Waals surface area contributed by atoms with Crippen molar-refractivity contribution >= 4 is 6.03 Å². The highest BCUT2D eigenvalue weighted by molar-refractivity contribution is 5.74. The molecule has 0 aromatic rings. The zero-order valence-corrected chi connectivity index (χ0v) is 12.0. The standard InChI is InChI=1S/C14H27N3O2/c1-12-3-2-6-16(9-12)8-5-15-14(19)17-7-4-13(10-17)11-18/h12-13,18H,2-11H2,1H3,(H,15,19). The fraction of sp³-hybridized carbons (Fsp3) is 0.929. The van der Waals surface area contributed by atoms with Gasteiger partial charge in [-0.1, -0.05) is 6.92 Å². The molecule has 5 nitrogen and oxygen atoms in total. The fourth-order valence-corrected chi connectivity index (χ4v) is 3.09. The summed E-state index contributed by atoms with van der Waals surface area (Å²) < 4.78 is 0. The van der Waals surface area contributed by atoms with Crippen molar-refractivity contribution in [3.05, 3.63) is 0 Å². The van der Waals surface area contributed by atoms with Gasteiger partial charge in [-0.25, -0.2) is 4.79 Å². The summed E-state index contributed by atoms with van der Waals surface area (Å²) in [6.07, 6.45) is 3.53. The summed E-state index contributed by atoms with van der Waals surface area (Å²) in [5.41, 5.74) is 0. The number of amides is 2. The first-order valence-corrected chi connectivity index (χ1v) is 7.55. The minimum atomic E-state index is 0.0287. The average Bonchev–Trinajstić information content (AvgIpc) is 2.87. The first kappa shape index (κ1) is 14.6. The Labute approximate surface area is 115 Å². The minimum absolute atomic E-state index is 0.0287. The maximum absolute atomic E-state index is 11.9. The largest absolute Gasteiger partial charge is 0.396 e. The Kier molecular flexibility index (Phi) is 5.45. The van der Waals surface area contributed by atoms with Crippen molar-refractivity contribution in [3.8, 4) is 0 Å². The van der Waals surface area contributed by atoms with E-state index in [-0.39, 0.29) is 18.6 Å². The molecule has 2 aliphatic rings. The van der Waals surface area contributed by atoms with Crippen LogP contribution in [0.15, 0.2) is 0 Å². The van der Waals surface area contributed by atoms with E-state index < -0.39 is 0 Å². The van der Waals surface area contributed by atoms with Crippen molar-refractivity contribution in [1.29, 1.82) is 0 Å². The van der Waals surface area contributed by atoms with E-state index >= 15 is 0 Å². The van der Waals surface area contributed by atoms with Crippen LogP contribution in [0.2, 0.25) is 0 Å². The number of piperidine rings is 1. The van der Waals surface area contributed by atoms with Gasteiger partial charge in [0, 0.05) is 45.2 Å². The molecule has 2 N–H and O–H groups in total. The maximum Gasteiger partial charge on any atom is 0.317 e. The number of likely N-dealkylation sites (tertiary alicyclic amines) is 2. The molecular formula is C14H27N3O2. The van der Waals surface area contributed by atoms with E-state index in [1.807, 2.05) is 4.90 Å². The Bertz CT molecular complexity index is 298. The molecule has 2 unspecified atom stereocenters. The Balaban J connectivity index is 1.61. The lowest BCUT2D eigenvalue weighted by molar-refractivity contribution is 0.177. The van der Waals surface area contributed by atoms with Crippen molar-refractivity contribution in [1.82, 2.24) is 15.1 Å². The Morgan fingerprint density at radius 2 is 2.16 bits per heavy atom. The number of urea groups is 1. The van der Waals surface area contributed by atoms with E-state index in [4.69, 9.17) is 5.11 Å². The molecule has 2 rings (SSSR count). The van der Waals surface area contributed by atoms with Crippen molar-refractivity contribution in [2.45, 2.75) is 26.2 Å². The van der Waals surface area contributed by atoms with E-state index in [0.29, 0.717) is 6.54 Å². The maximum atomic E-state index is 11.9. The first-order valence-electron chi connectivity index (χ1n) is 7.55. The van der Waals surface area contributed by atoms with Crippen LogP contribution < -0.4 is 5.32 Å². The Morgan fingerprint density at radius 3 is 2.84 bits per heavy atom. The summed E-state index contributed by atoms with van der Waals surface area (Å²) in [5, 5.41) is 12.1. The summed E-state index contributed by atoms with van der Waals surface area (Å²) in [7, 11) is 0. The van der Waals surface area contributed by atoms with Gasteiger partial charge in [-0.3, -0.25) is 0 Å². The van der Waals surface area contributed by atoms with Gasteiger partial charge >= 0.3 is 6.03 Å². The molecule has 110 valence electrons. The molecule has 0 bridgehead atoms. The second-order valence-electron chi connectivity index (χ2n) is 6.06. The first-order chi connectivity index (χ1) is 9.19. The summed E-state index contributed by atoms with van der Waals surface area (Å²) >= 11 is 0. The normalized spacial score (nSPS) is 28.6. The molecular weight excluding hydrogens is 242 g/mol. The molecule has 0 spiro atoms. The van der Waals surface area contributed by atoms with Crippen molar-refractivity contribution in [2.75, 3.05) is 45.9 Å². The Hall–Kier alpha value is -0.810. The zero-order chi connectivity index (χ0) is 13.7. The lowest BCUT2D eigenvalue weighted by atomic mass is 10.0. The second kappa shape index (κ2) is 7.10. The van der Waals surface area contributed by atoms with Crippen LogP contribution >= 0.6 is 0 Å². The molecule has 0 aromatic carbocycles. The van der Waals surface area contributed by atoms with E-state index in [9.17, 15) is 4.79 Å². The van der Waals surface area contributed by atoms with Gasteiger partial charge in [0.25, 0.3) is 0 Å². The molecule has 2 aliphatic heterocycles. The molecule has 0 aliphatic carbocycles. The molecule has 0 saturated carbocycles. The lowest BCUT2D eigenvalue weighted by Crippen LogP contribution is -2.44. The Morgan fingerprint density at radius 1 is 1.32 bits per heavy atom. The number of rotatable bonds is 4. The number of carbonyl (C=O) groups is 1. The number of aliphatic hydroxyl groups is 1. The molecule has 5 heteroatoms. The number of hydrogen-bond acceptors (Lipinski definition) is 3. The molecule has 2 fully saturated rings. The van der Waals surface area contributed by atoms with Gasteiger partial charge in [0.2, 0.25) is 0 Å². The molecule has 2 heterocycles. The highest BCUT2D eigenvalue weighted by Gasteiger charge is 2.25. The second-order valence-corrected chi connectivity index (χ2v) is 6.06. The SMILES string of the molecule is CC1CCCN(CCNC(=O)N2CCC(CO)C2)C1. The summed E-state index contributed by atoms with van der Waals surface area (Å²) in [4.78, 5) is 16.2. The number of nitrogens with zero attached hydrogens (tertiary/aromatic N) is 2. The van der Waals surface area contributed by atoms with Crippen LogP contribution in [0.5, 0.6) is 0 Å². The third-order valence-electron chi connectivity index (χ3n) is 4.28. The number of aliphatic hydroxyl groups excluding tert-OH is 1.